The van der Waals surface area contributed by atoms with Crippen LogP contribution < -0.4 is 5.63 Å². The molecule has 0 N–H and O–H groups in total. The lowest BCUT2D eigenvalue weighted by molar-refractivity contribution is 0.0601. The SMILES string of the molecule is COC(=O)c1ccc(-c2cc(C)oc(=O)c2)cc1. The Bertz CT molecular complexity index is 623. The molecule has 92 valence electrons. The van der Waals surface area contributed by atoms with Crippen molar-refractivity contribution in [2.24, 2.45) is 0 Å². The van der Waals surface area contributed by atoms with Gasteiger partial charge in [0, 0.05) is 6.07 Å². The van der Waals surface area contributed by atoms with Gasteiger partial charge in [-0.2, -0.15) is 0 Å². The van der Waals surface area contributed by atoms with E-state index in [1.54, 1.807) is 37.3 Å². The lowest BCUT2D eigenvalue weighted by atomic mass is 10.0. The summed E-state index contributed by atoms with van der Waals surface area (Å²) in [5.41, 5.74) is 1.70. The Balaban J connectivity index is 2.40. The standard InChI is InChI=1S/C14H12O4/c1-9-7-12(8-13(15)18-9)10-3-5-11(6-4-10)14(16)17-2/h3-8H,1-2H3. The molecule has 0 unspecified atom stereocenters. The number of methoxy groups -OCH3 is 1. The Morgan fingerprint density at radius 3 is 2.33 bits per heavy atom. The van der Waals surface area contributed by atoms with E-state index in [-0.39, 0.29) is 11.6 Å². The molecule has 0 fully saturated rings. The summed E-state index contributed by atoms with van der Waals surface area (Å²) in [6.45, 7) is 1.72. The molecule has 0 radical (unpaired) electrons. The van der Waals surface area contributed by atoms with Crippen LogP contribution >= 0.6 is 0 Å². The van der Waals surface area contributed by atoms with Gasteiger partial charge in [0.2, 0.25) is 0 Å². The second kappa shape index (κ2) is 4.87. The molecule has 0 saturated carbocycles. The van der Waals surface area contributed by atoms with Gasteiger partial charge in [-0.3, -0.25) is 0 Å². The van der Waals surface area contributed by atoms with Crippen LogP contribution in [0.4, 0.5) is 0 Å². The number of carbonyl (C=O) groups is 1. The molecule has 2 rings (SSSR count). The molecule has 0 bridgehead atoms. The molecule has 1 aromatic carbocycles. The van der Waals surface area contributed by atoms with E-state index < -0.39 is 0 Å². The van der Waals surface area contributed by atoms with Crippen LogP contribution in [-0.4, -0.2) is 13.1 Å². The Hall–Kier alpha value is -2.36. The summed E-state index contributed by atoms with van der Waals surface area (Å²) in [7, 11) is 1.34. The molecule has 2 aromatic rings. The predicted octanol–water partition coefficient (Wildman–Crippen LogP) is 2.40. The molecular weight excluding hydrogens is 232 g/mol. The topological polar surface area (TPSA) is 56.5 Å². The highest BCUT2D eigenvalue weighted by Gasteiger charge is 2.06. The summed E-state index contributed by atoms with van der Waals surface area (Å²) >= 11 is 0. The highest BCUT2D eigenvalue weighted by molar-refractivity contribution is 5.89. The number of benzene rings is 1. The van der Waals surface area contributed by atoms with Crippen LogP contribution in [0.3, 0.4) is 0 Å². The highest BCUT2D eigenvalue weighted by atomic mass is 16.5. The predicted molar refractivity (Wildman–Crippen MR) is 66.5 cm³/mol. The third kappa shape index (κ3) is 2.48. The molecule has 4 nitrogen and oxygen atoms in total. The molecule has 1 heterocycles. The van der Waals surface area contributed by atoms with Crippen molar-refractivity contribution < 1.29 is 13.9 Å². The van der Waals surface area contributed by atoms with Crippen LogP contribution in [0, 0.1) is 6.92 Å². The van der Waals surface area contributed by atoms with Crippen LogP contribution in [-0.2, 0) is 4.74 Å². The van der Waals surface area contributed by atoms with Gasteiger partial charge in [0.15, 0.2) is 0 Å². The molecule has 1 aromatic heterocycles. The minimum Gasteiger partial charge on any atom is -0.465 e. The van der Waals surface area contributed by atoms with Crippen LogP contribution in [0.15, 0.2) is 45.6 Å². The number of hydrogen-bond donors (Lipinski definition) is 0. The number of carbonyl (C=O) groups excluding carboxylic acids is 1. The number of hydrogen-bond acceptors (Lipinski definition) is 4. The van der Waals surface area contributed by atoms with E-state index in [0.717, 1.165) is 11.1 Å². The number of esters is 1. The second-order valence-electron chi connectivity index (χ2n) is 3.84. The summed E-state index contributed by atoms with van der Waals surface area (Å²) < 4.78 is 9.51. The van der Waals surface area contributed by atoms with Crippen LogP contribution in [0.2, 0.25) is 0 Å². The first kappa shape index (κ1) is 12.1. The first-order valence-electron chi connectivity index (χ1n) is 5.40. The molecule has 0 amide bonds. The van der Waals surface area contributed by atoms with Gasteiger partial charge < -0.3 is 9.15 Å². The Labute approximate surface area is 104 Å². The fraction of sp³-hybridized carbons (Fsp3) is 0.143. The summed E-state index contributed by atoms with van der Waals surface area (Å²) in [5.74, 6) is 0.167. The molecule has 0 aliphatic carbocycles. The van der Waals surface area contributed by atoms with E-state index in [0.29, 0.717) is 11.3 Å². The zero-order valence-corrected chi connectivity index (χ0v) is 10.1. The van der Waals surface area contributed by atoms with Crippen molar-refractivity contribution >= 4 is 5.97 Å². The first-order chi connectivity index (χ1) is 8.60. The van der Waals surface area contributed by atoms with Crippen molar-refractivity contribution in [3.63, 3.8) is 0 Å². The van der Waals surface area contributed by atoms with E-state index in [2.05, 4.69) is 4.74 Å². The minimum atomic E-state index is -0.387. The van der Waals surface area contributed by atoms with Gasteiger partial charge in [-0.25, -0.2) is 9.59 Å². The van der Waals surface area contributed by atoms with Gasteiger partial charge >= 0.3 is 11.6 Å². The Kier molecular flexibility index (Phi) is 3.28. The number of rotatable bonds is 2. The van der Waals surface area contributed by atoms with E-state index >= 15 is 0 Å². The molecule has 0 aliphatic rings. The molecule has 18 heavy (non-hydrogen) atoms. The van der Waals surface area contributed by atoms with Crippen molar-refractivity contribution in [2.75, 3.05) is 7.11 Å². The van der Waals surface area contributed by atoms with E-state index in [4.69, 9.17) is 4.42 Å². The normalized spacial score (nSPS) is 10.1. The van der Waals surface area contributed by atoms with Gasteiger partial charge in [-0.15, -0.1) is 0 Å². The zero-order valence-electron chi connectivity index (χ0n) is 10.1. The van der Waals surface area contributed by atoms with E-state index in [1.807, 2.05) is 0 Å². The van der Waals surface area contributed by atoms with Gasteiger partial charge in [0.25, 0.3) is 0 Å². The molecule has 0 saturated heterocycles. The quantitative estimate of drug-likeness (QED) is 0.761. The summed E-state index contributed by atoms with van der Waals surface area (Å²) in [4.78, 5) is 22.5. The van der Waals surface area contributed by atoms with Gasteiger partial charge in [0.1, 0.15) is 5.76 Å². The molecule has 0 atom stereocenters. The average Bonchev–Trinajstić information content (AvgIpc) is 2.37. The smallest absolute Gasteiger partial charge is 0.337 e. The Morgan fingerprint density at radius 1 is 1.11 bits per heavy atom. The maximum absolute atomic E-state index is 11.3. The third-order valence-corrected chi connectivity index (χ3v) is 2.53. The largest absolute Gasteiger partial charge is 0.465 e. The summed E-state index contributed by atoms with van der Waals surface area (Å²) in [5, 5.41) is 0. The van der Waals surface area contributed by atoms with Gasteiger partial charge in [-0.1, -0.05) is 12.1 Å². The maximum Gasteiger partial charge on any atom is 0.337 e. The van der Waals surface area contributed by atoms with Crippen molar-refractivity contribution in [3.05, 3.63) is 58.1 Å². The van der Waals surface area contributed by atoms with Gasteiger partial charge in [0.05, 0.1) is 12.7 Å². The monoisotopic (exact) mass is 244 g/mol. The molecule has 0 aliphatic heterocycles. The number of aryl methyl sites for hydroxylation is 1. The summed E-state index contributed by atoms with van der Waals surface area (Å²) in [6, 6.07) is 10.0. The fourth-order valence-corrected chi connectivity index (χ4v) is 1.69. The van der Waals surface area contributed by atoms with Crippen LogP contribution in [0.5, 0.6) is 0 Å². The Morgan fingerprint density at radius 2 is 1.78 bits per heavy atom. The fourth-order valence-electron chi connectivity index (χ4n) is 1.69. The third-order valence-electron chi connectivity index (χ3n) is 2.53. The second-order valence-corrected chi connectivity index (χ2v) is 3.84. The van der Waals surface area contributed by atoms with Crippen molar-refractivity contribution in [1.29, 1.82) is 0 Å². The lowest BCUT2D eigenvalue weighted by Gasteiger charge is -2.03. The number of ether oxygens (including phenoxy) is 1. The minimum absolute atomic E-state index is 0.384. The van der Waals surface area contributed by atoms with Crippen molar-refractivity contribution in [3.8, 4) is 11.1 Å². The van der Waals surface area contributed by atoms with Crippen LogP contribution in [0.1, 0.15) is 16.1 Å². The van der Waals surface area contributed by atoms with Gasteiger partial charge in [-0.05, 0) is 36.2 Å². The summed E-state index contributed by atoms with van der Waals surface area (Å²) in [6.07, 6.45) is 0. The van der Waals surface area contributed by atoms with E-state index in [9.17, 15) is 9.59 Å². The highest BCUT2D eigenvalue weighted by Crippen LogP contribution is 2.19. The van der Waals surface area contributed by atoms with Crippen LogP contribution in [0.25, 0.3) is 11.1 Å². The molecule has 4 heteroatoms. The average molecular weight is 244 g/mol. The van der Waals surface area contributed by atoms with Crippen molar-refractivity contribution in [1.82, 2.24) is 0 Å². The molecular formula is C14H12O4. The van der Waals surface area contributed by atoms with E-state index in [1.165, 1.54) is 13.2 Å². The first-order valence-corrected chi connectivity index (χ1v) is 5.40. The molecule has 0 spiro atoms. The lowest BCUT2D eigenvalue weighted by Crippen LogP contribution is -2.01. The zero-order chi connectivity index (χ0) is 13.1. The maximum atomic E-state index is 11.3. The van der Waals surface area contributed by atoms with Crippen molar-refractivity contribution in [2.45, 2.75) is 6.92 Å².